The number of hydrogen-bond acceptors (Lipinski definition) is 4. The van der Waals surface area contributed by atoms with Crippen LogP contribution >= 0.6 is 0 Å². The first kappa shape index (κ1) is 15.1. The maximum absolute atomic E-state index is 5.52. The minimum atomic E-state index is 0.825. The van der Waals surface area contributed by atoms with Crippen molar-refractivity contribution in [2.24, 2.45) is 5.73 Å². The van der Waals surface area contributed by atoms with E-state index >= 15 is 0 Å². The maximum atomic E-state index is 5.52. The van der Waals surface area contributed by atoms with Gasteiger partial charge in [-0.25, -0.2) is 0 Å². The number of rotatable bonds is 7. The fourth-order valence-corrected chi connectivity index (χ4v) is 2.68. The standard InChI is InChI=1S/C16H27N3O/c1-20-16-7-5-15(6-8-16)19-13-11-18(12-14-19)10-4-2-3-9-17/h5-8H,2-4,9-14,17H2,1H3. The predicted molar refractivity (Wildman–Crippen MR) is 84.6 cm³/mol. The molecule has 0 spiro atoms. The number of nitrogens with two attached hydrogens (primary N) is 1. The minimum absolute atomic E-state index is 0.825. The highest BCUT2D eigenvalue weighted by Gasteiger charge is 2.16. The molecule has 0 amide bonds. The highest BCUT2D eigenvalue weighted by molar-refractivity contribution is 5.49. The summed E-state index contributed by atoms with van der Waals surface area (Å²) in [5.74, 6) is 0.923. The maximum Gasteiger partial charge on any atom is 0.119 e. The van der Waals surface area contributed by atoms with Gasteiger partial charge < -0.3 is 15.4 Å². The van der Waals surface area contributed by atoms with Gasteiger partial charge in [-0.3, -0.25) is 4.90 Å². The molecule has 4 heteroatoms. The number of hydrogen-bond donors (Lipinski definition) is 1. The minimum Gasteiger partial charge on any atom is -0.497 e. The van der Waals surface area contributed by atoms with Crippen LogP contribution in [-0.2, 0) is 0 Å². The molecule has 0 aromatic heterocycles. The lowest BCUT2D eigenvalue weighted by atomic mass is 10.2. The average molecular weight is 277 g/mol. The molecule has 0 bridgehead atoms. The molecule has 0 unspecified atom stereocenters. The summed E-state index contributed by atoms with van der Waals surface area (Å²) in [6.45, 7) is 6.59. The lowest BCUT2D eigenvalue weighted by Gasteiger charge is -2.36. The van der Waals surface area contributed by atoms with E-state index in [4.69, 9.17) is 10.5 Å². The van der Waals surface area contributed by atoms with E-state index in [-0.39, 0.29) is 0 Å². The summed E-state index contributed by atoms with van der Waals surface area (Å²) in [6.07, 6.45) is 3.70. The van der Waals surface area contributed by atoms with Gasteiger partial charge in [0.1, 0.15) is 5.75 Å². The van der Waals surface area contributed by atoms with Gasteiger partial charge in [0.25, 0.3) is 0 Å². The first-order valence-electron chi connectivity index (χ1n) is 7.65. The van der Waals surface area contributed by atoms with Crippen molar-refractivity contribution in [2.75, 3.05) is 51.3 Å². The second-order valence-electron chi connectivity index (χ2n) is 5.38. The van der Waals surface area contributed by atoms with E-state index in [1.807, 2.05) is 12.1 Å². The molecule has 0 aliphatic carbocycles. The van der Waals surface area contributed by atoms with E-state index < -0.39 is 0 Å². The van der Waals surface area contributed by atoms with E-state index in [2.05, 4.69) is 21.9 Å². The molecule has 0 atom stereocenters. The van der Waals surface area contributed by atoms with Crippen molar-refractivity contribution >= 4 is 5.69 Å². The molecule has 0 saturated carbocycles. The van der Waals surface area contributed by atoms with Crippen molar-refractivity contribution in [3.8, 4) is 5.75 Å². The summed E-state index contributed by atoms with van der Waals surface area (Å²) in [5, 5.41) is 0. The zero-order valence-corrected chi connectivity index (χ0v) is 12.6. The number of anilines is 1. The molecule has 1 aromatic rings. The molecule has 0 radical (unpaired) electrons. The van der Waals surface area contributed by atoms with Crippen LogP contribution in [0.3, 0.4) is 0 Å². The lowest BCUT2D eigenvalue weighted by molar-refractivity contribution is 0.252. The topological polar surface area (TPSA) is 41.7 Å². The van der Waals surface area contributed by atoms with Crippen LogP contribution in [0.2, 0.25) is 0 Å². The van der Waals surface area contributed by atoms with E-state index in [1.165, 1.54) is 25.1 Å². The first-order chi connectivity index (χ1) is 9.83. The number of methoxy groups -OCH3 is 1. The summed E-state index contributed by atoms with van der Waals surface area (Å²) in [5.41, 5.74) is 6.82. The summed E-state index contributed by atoms with van der Waals surface area (Å²) >= 11 is 0. The predicted octanol–water partition coefficient (Wildman–Crippen LogP) is 1.95. The summed E-state index contributed by atoms with van der Waals surface area (Å²) in [4.78, 5) is 5.02. The van der Waals surface area contributed by atoms with Crippen LogP contribution in [-0.4, -0.2) is 51.3 Å². The van der Waals surface area contributed by atoms with Gasteiger partial charge in [0.15, 0.2) is 0 Å². The van der Waals surface area contributed by atoms with Crippen molar-refractivity contribution in [1.29, 1.82) is 0 Å². The van der Waals surface area contributed by atoms with Gasteiger partial charge in [0, 0.05) is 31.9 Å². The van der Waals surface area contributed by atoms with E-state index in [0.717, 1.165) is 44.9 Å². The number of benzene rings is 1. The van der Waals surface area contributed by atoms with Gasteiger partial charge in [-0.2, -0.15) is 0 Å². The molecule has 112 valence electrons. The Morgan fingerprint density at radius 2 is 1.70 bits per heavy atom. The summed E-state index contributed by atoms with van der Waals surface area (Å²) in [6, 6.07) is 8.37. The molecule has 1 aromatic carbocycles. The van der Waals surface area contributed by atoms with Gasteiger partial charge in [-0.15, -0.1) is 0 Å². The Morgan fingerprint density at radius 3 is 2.30 bits per heavy atom. The Kier molecular flexibility index (Phi) is 6.15. The molecule has 2 rings (SSSR count). The summed E-state index contributed by atoms with van der Waals surface area (Å²) < 4.78 is 5.20. The van der Waals surface area contributed by atoms with Crippen LogP contribution in [0.1, 0.15) is 19.3 Å². The third-order valence-corrected chi connectivity index (χ3v) is 3.99. The Morgan fingerprint density at radius 1 is 1.00 bits per heavy atom. The number of unbranched alkanes of at least 4 members (excludes halogenated alkanes) is 2. The molecular formula is C16H27N3O. The number of nitrogens with zero attached hydrogens (tertiary/aromatic N) is 2. The van der Waals surface area contributed by atoms with Crippen molar-refractivity contribution in [1.82, 2.24) is 4.90 Å². The van der Waals surface area contributed by atoms with Crippen molar-refractivity contribution in [2.45, 2.75) is 19.3 Å². The van der Waals surface area contributed by atoms with Crippen molar-refractivity contribution in [3.05, 3.63) is 24.3 Å². The van der Waals surface area contributed by atoms with Crippen LogP contribution < -0.4 is 15.4 Å². The highest BCUT2D eigenvalue weighted by Crippen LogP contribution is 2.20. The quantitative estimate of drug-likeness (QED) is 0.774. The number of ether oxygens (including phenoxy) is 1. The molecule has 4 nitrogen and oxygen atoms in total. The molecule has 20 heavy (non-hydrogen) atoms. The Bertz CT molecular complexity index is 372. The Labute approximate surface area is 122 Å². The van der Waals surface area contributed by atoms with Gasteiger partial charge in [-0.1, -0.05) is 6.42 Å². The van der Waals surface area contributed by atoms with Crippen LogP contribution in [0.25, 0.3) is 0 Å². The third kappa shape index (κ3) is 4.39. The second-order valence-corrected chi connectivity index (χ2v) is 5.38. The van der Waals surface area contributed by atoms with Gasteiger partial charge in [0.2, 0.25) is 0 Å². The largest absolute Gasteiger partial charge is 0.497 e. The monoisotopic (exact) mass is 277 g/mol. The smallest absolute Gasteiger partial charge is 0.119 e. The lowest BCUT2D eigenvalue weighted by Crippen LogP contribution is -2.46. The van der Waals surface area contributed by atoms with E-state index in [0.29, 0.717) is 0 Å². The molecule has 1 aliphatic rings. The zero-order valence-electron chi connectivity index (χ0n) is 12.6. The first-order valence-corrected chi connectivity index (χ1v) is 7.65. The molecule has 1 aliphatic heterocycles. The SMILES string of the molecule is COc1ccc(N2CCN(CCCCCN)CC2)cc1. The van der Waals surface area contributed by atoms with E-state index in [9.17, 15) is 0 Å². The third-order valence-electron chi connectivity index (χ3n) is 3.99. The normalized spacial score (nSPS) is 16.4. The van der Waals surface area contributed by atoms with Gasteiger partial charge >= 0.3 is 0 Å². The summed E-state index contributed by atoms with van der Waals surface area (Å²) in [7, 11) is 1.71. The Hall–Kier alpha value is -1.26. The van der Waals surface area contributed by atoms with Crippen molar-refractivity contribution in [3.63, 3.8) is 0 Å². The van der Waals surface area contributed by atoms with Crippen LogP contribution in [0.5, 0.6) is 5.75 Å². The van der Waals surface area contributed by atoms with Crippen molar-refractivity contribution < 1.29 is 4.74 Å². The van der Waals surface area contributed by atoms with Gasteiger partial charge in [0.05, 0.1) is 7.11 Å². The average Bonchev–Trinajstić information content (AvgIpc) is 2.52. The molecule has 2 N–H and O–H groups in total. The van der Waals surface area contributed by atoms with Gasteiger partial charge in [-0.05, 0) is 50.2 Å². The molecular weight excluding hydrogens is 250 g/mol. The highest BCUT2D eigenvalue weighted by atomic mass is 16.5. The van der Waals surface area contributed by atoms with Crippen LogP contribution in [0.4, 0.5) is 5.69 Å². The number of piperazine rings is 1. The molecule has 1 fully saturated rings. The van der Waals surface area contributed by atoms with Crippen LogP contribution in [0.15, 0.2) is 24.3 Å². The Balaban J connectivity index is 1.73. The second kappa shape index (κ2) is 8.12. The zero-order chi connectivity index (χ0) is 14.2. The van der Waals surface area contributed by atoms with E-state index in [1.54, 1.807) is 7.11 Å². The molecule has 1 saturated heterocycles. The molecule has 1 heterocycles. The fourth-order valence-electron chi connectivity index (χ4n) is 2.68. The fraction of sp³-hybridized carbons (Fsp3) is 0.625. The van der Waals surface area contributed by atoms with Crippen LogP contribution in [0, 0.1) is 0 Å².